The summed E-state index contributed by atoms with van der Waals surface area (Å²) in [5, 5.41) is 11.0. The molecule has 4 nitrogen and oxygen atoms in total. The Morgan fingerprint density at radius 1 is 1.25 bits per heavy atom. The van der Waals surface area contributed by atoms with Gasteiger partial charge in [0.2, 0.25) is 10.0 Å². The van der Waals surface area contributed by atoms with Gasteiger partial charge in [-0.3, -0.25) is 0 Å². The minimum absolute atomic E-state index is 0.0899. The zero-order chi connectivity index (χ0) is 14.6. The molecular weight excluding hydrogens is 362 g/mol. The Morgan fingerprint density at radius 2 is 2.00 bits per heavy atom. The van der Waals surface area contributed by atoms with Crippen LogP contribution in [0.1, 0.15) is 16.0 Å². The number of thiophene rings is 1. The maximum Gasteiger partial charge on any atom is 0.216 e. The van der Waals surface area contributed by atoms with Crippen molar-refractivity contribution in [2.24, 2.45) is 0 Å². The van der Waals surface area contributed by atoms with Crippen LogP contribution in [0, 0.1) is 0 Å². The molecule has 0 spiro atoms. The summed E-state index contributed by atoms with van der Waals surface area (Å²) in [6.45, 7) is 0.197. The number of rotatable bonds is 6. The molecule has 0 saturated carbocycles. The van der Waals surface area contributed by atoms with Crippen molar-refractivity contribution in [1.29, 1.82) is 0 Å². The molecule has 0 bridgehead atoms. The van der Waals surface area contributed by atoms with Gasteiger partial charge in [0, 0.05) is 21.3 Å². The number of benzene rings is 1. The summed E-state index contributed by atoms with van der Waals surface area (Å²) in [7, 11) is -3.39. The molecule has 1 heterocycles. The third kappa shape index (κ3) is 4.68. The summed E-state index contributed by atoms with van der Waals surface area (Å²) in [6, 6.07) is 8.82. The van der Waals surface area contributed by atoms with Crippen LogP contribution in [-0.2, 0) is 28.9 Å². The van der Waals surface area contributed by atoms with E-state index in [9.17, 15) is 8.42 Å². The van der Waals surface area contributed by atoms with E-state index in [1.807, 2.05) is 11.4 Å². The second-order valence-electron chi connectivity index (χ2n) is 4.29. The lowest BCUT2D eigenvalue weighted by Crippen LogP contribution is -2.24. The van der Waals surface area contributed by atoms with E-state index < -0.39 is 10.0 Å². The van der Waals surface area contributed by atoms with Crippen LogP contribution in [-0.4, -0.2) is 13.5 Å². The minimum Gasteiger partial charge on any atom is -0.392 e. The second-order valence-corrected chi connectivity index (χ2v) is 8.01. The van der Waals surface area contributed by atoms with Crippen LogP contribution in [0.25, 0.3) is 0 Å². The highest BCUT2D eigenvalue weighted by molar-refractivity contribution is 9.10. The zero-order valence-corrected chi connectivity index (χ0v) is 13.8. The molecule has 0 radical (unpaired) electrons. The van der Waals surface area contributed by atoms with E-state index in [1.54, 1.807) is 24.3 Å². The maximum absolute atomic E-state index is 12.0. The lowest BCUT2D eigenvalue weighted by molar-refractivity contribution is 0.282. The Morgan fingerprint density at radius 3 is 2.65 bits per heavy atom. The quantitative estimate of drug-likeness (QED) is 0.815. The van der Waals surface area contributed by atoms with Gasteiger partial charge >= 0.3 is 0 Å². The fraction of sp³-hybridized carbons (Fsp3) is 0.231. The summed E-state index contributed by atoms with van der Waals surface area (Å²) >= 11 is 4.83. The van der Waals surface area contributed by atoms with Crippen molar-refractivity contribution in [3.8, 4) is 0 Å². The van der Waals surface area contributed by atoms with Crippen molar-refractivity contribution in [2.75, 3.05) is 0 Å². The largest absolute Gasteiger partial charge is 0.392 e. The zero-order valence-electron chi connectivity index (χ0n) is 10.5. The van der Waals surface area contributed by atoms with Gasteiger partial charge in [-0.15, -0.1) is 11.3 Å². The molecule has 0 atom stereocenters. The highest BCUT2D eigenvalue weighted by Gasteiger charge is 2.12. The molecule has 0 aliphatic rings. The minimum atomic E-state index is -3.39. The van der Waals surface area contributed by atoms with Crippen LogP contribution in [0.15, 0.2) is 40.2 Å². The molecular formula is C13H14BrNO3S2. The highest BCUT2D eigenvalue weighted by Crippen LogP contribution is 2.19. The summed E-state index contributed by atoms with van der Waals surface area (Å²) in [5.74, 6) is -0.0899. The molecule has 7 heteroatoms. The standard InChI is InChI=1S/C13H14BrNO3S2/c14-12-5-13(19-8-12)6-15-20(17,18)9-11-3-1-2-10(4-11)7-16/h1-5,8,15-16H,6-7,9H2. The molecule has 0 saturated heterocycles. The Hall–Kier alpha value is -0.730. The first-order valence-corrected chi connectivity index (χ1v) is 9.20. The summed E-state index contributed by atoms with van der Waals surface area (Å²) in [6.07, 6.45) is 0. The van der Waals surface area contributed by atoms with Crippen LogP contribution >= 0.6 is 27.3 Å². The smallest absolute Gasteiger partial charge is 0.216 e. The summed E-state index contributed by atoms with van der Waals surface area (Å²) in [5.41, 5.74) is 1.37. The number of aliphatic hydroxyl groups excluding tert-OH is 1. The van der Waals surface area contributed by atoms with Gasteiger partial charge < -0.3 is 5.11 Å². The molecule has 2 N–H and O–H groups in total. The Bertz CT molecular complexity index is 682. The predicted octanol–water partition coefficient (Wildman–Crippen LogP) is 2.62. The average Bonchev–Trinajstić information content (AvgIpc) is 2.82. The molecule has 2 aromatic rings. The third-order valence-electron chi connectivity index (χ3n) is 2.62. The van der Waals surface area contributed by atoms with E-state index >= 15 is 0 Å². The van der Waals surface area contributed by atoms with Crippen molar-refractivity contribution >= 4 is 37.3 Å². The molecule has 0 unspecified atom stereocenters. The molecule has 2 rings (SSSR count). The number of hydrogen-bond donors (Lipinski definition) is 2. The molecule has 1 aromatic heterocycles. The first kappa shape index (κ1) is 15.7. The van der Waals surface area contributed by atoms with Crippen molar-refractivity contribution in [1.82, 2.24) is 4.72 Å². The molecule has 0 aliphatic heterocycles. The molecule has 0 fully saturated rings. The van der Waals surface area contributed by atoms with Gasteiger partial charge in [0.15, 0.2) is 0 Å². The van der Waals surface area contributed by atoms with Crippen LogP contribution in [0.4, 0.5) is 0 Å². The number of hydrogen-bond acceptors (Lipinski definition) is 4. The summed E-state index contributed by atoms with van der Waals surface area (Å²) < 4.78 is 27.5. The fourth-order valence-corrected chi connectivity index (χ4v) is 4.29. The number of aliphatic hydroxyl groups is 1. The van der Waals surface area contributed by atoms with E-state index in [0.717, 1.165) is 9.35 Å². The fourth-order valence-electron chi connectivity index (χ4n) is 1.72. The normalized spacial score (nSPS) is 11.7. The third-order valence-corrected chi connectivity index (χ3v) is 5.61. The summed E-state index contributed by atoms with van der Waals surface area (Å²) in [4.78, 5) is 0.949. The van der Waals surface area contributed by atoms with Crippen molar-refractivity contribution in [2.45, 2.75) is 18.9 Å². The van der Waals surface area contributed by atoms with Gasteiger partial charge in [-0.2, -0.15) is 0 Å². The predicted molar refractivity (Wildman–Crippen MR) is 83.8 cm³/mol. The molecule has 20 heavy (non-hydrogen) atoms. The molecule has 108 valence electrons. The Balaban J connectivity index is 1.99. The molecule has 1 aromatic carbocycles. The first-order chi connectivity index (χ1) is 9.48. The van der Waals surface area contributed by atoms with Crippen molar-refractivity contribution in [3.63, 3.8) is 0 Å². The topological polar surface area (TPSA) is 66.4 Å². The SMILES string of the molecule is O=S(=O)(Cc1cccc(CO)c1)NCc1cc(Br)cs1. The lowest BCUT2D eigenvalue weighted by atomic mass is 10.1. The monoisotopic (exact) mass is 375 g/mol. The molecule has 0 amide bonds. The number of nitrogens with one attached hydrogen (secondary N) is 1. The van der Waals surface area contributed by atoms with E-state index in [2.05, 4.69) is 20.7 Å². The van der Waals surface area contributed by atoms with E-state index in [4.69, 9.17) is 5.11 Å². The van der Waals surface area contributed by atoms with Gasteiger partial charge in [0.25, 0.3) is 0 Å². The average molecular weight is 376 g/mol. The van der Waals surface area contributed by atoms with Gasteiger partial charge in [0.1, 0.15) is 0 Å². The van der Waals surface area contributed by atoms with Crippen LogP contribution < -0.4 is 4.72 Å². The van der Waals surface area contributed by atoms with Gasteiger partial charge in [-0.05, 0) is 33.1 Å². The van der Waals surface area contributed by atoms with Crippen LogP contribution in [0.2, 0.25) is 0 Å². The van der Waals surface area contributed by atoms with Gasteiger partial charge in [-0.1, -0.05) is 24.3 Å². The van der Waals surface area contributed by atoms with Crippen LogP contribution in [0.5, 0.6) is 0 Å². The van der Waals surface area contributed by atoms with E-state index in [0.29, 0.717) is 11.1 Å². The highest BCUT2D eigenvalue weighted by atomic mass is 79.9. The van der Waals surface area contributed by atoms with Crippen LogP contribution in [0.3, 0.4) is 0 Å². The van der Waals surface area contributed by atoms with Crippen molar-refractivity contribution in [3.05, 3.63) is 56.2 Å². The Labute approximate surface area is 130 Å². The number of sulfonamides is 1. The van der Waals surface area contributed by atoms with Gasteiger partial charge in [-0.25, -0.2) is 13.1 Å². The molecule has 0 aliphatic carbocycles. The lowest BCUT2D eigenvalue weighted by Gasteiger charge is -2.06. The first-order valence-electron chi connectivity index (χ1n) is 5.87. The van der Waals surface area contributed by atoms with Crippen molar-refractivity contribution < 1.29 is 13.5 Å². The second kappa shape index (κ2) is 6.82. The van der Waals surface area contributed by atoms with E-state index in [1.165, 1.54) is 11.3 Å². The van der Waals surface area contributed by atoms with Gasteiger partial charge in [0.05, 0.1) is 12.4 Å². The van der Waals surface area contributed by atoms with E-state index in [-0.39, 0.29) is 18.9 Å². The Kier molecular flexibility index (Phi) is 5.34. The number of halogens is 1. The maximum atomic E-state index is 12.0.